The van der Waals surface area contributed by atoms with Crippen molar-refractivity contribution in [1.29, 1.82) is 5.26 Å². The Morgan fingerprint density at radius 3 is 2.69 bits per heavy atom. The lowest BCUT2D eigenvalue weighted by Gasteiger charge is -2.18. The Morgan fingerprint density at radius 1 is 1.08 bits per heavy atom. The number of fused-ring (bicyclic) bond motifs is 3. The summed E-state index contributed by atoms with van der Waals surface area (Å²) >= 11 is 0. The number of hydrogen-bond donors (Lipinski definition) is 0. The van der Waals surface area contributed by atoms with Crippen LogP contribution in [0.3, 0.4) is 0 Å². The summed E-state index contributed by atoms with van der Waals surface area (Å²) < 4.78 is 6.02. The van der Waals surface area contributed by atoms with Crippen molar-refractivity contribution in [1.82, 2.24) is 9.97 Å². The van der Waals surface area contributed by atoms with Gasteiger partial charge in [0, 0.05) is 22.5 Å². The van der Waals surface area contributed by atoms with Crippen LogP contribution in [0.4, 0.5) is 0 Å². The standard InChI is InChI=1S/C22H19N3O/c1-22(2,3)12-14-9-10-24-19(11-14)18-6-4-5-16-17-8-7-15(13-23)25-21(17)26-20(16)18/h4-11H,12H2,1-3H3. The lowest BCUT2D eigenvalue weighted by molar-refractivity contribution is 0.411. The molecule has 0 aliphatic rings. The summed E-state index contributed by atoms with van der Waals surface area (Å²) in [4.78, 5) is 8.84. The fraction of sp³-hybridized carbons (Fsp3) is 0.227. The van der Waals surface area contributed by atoms with Crippen LogP contribution < -0.4 is 0 Å². The SMILES string of the molecule is CC(C)(C)Cc1ccnc(-c2cccc3c2oc2nc(C#N)ccc23)c1. The van der Waals surface area contributed by atoms with Crippen molar-refractivity contribution < 1.29 is 4.42 Å². The number of aromatic nitrogens is 2. The number of pyridine rings is 2. The Kier molecular flexibility index (Phi) is 3.73. The Bertz CT molecular complexity index is 1160. The second-order valence-electron chi connectivity index (χ2n) is 7.73. The normalized spacial score (nSPS) is 11.8. The fourth-order valence-electron chi connectivity index (χ4n) is 3.29. The second kappa shape index (κ2) is 5.96. The summed E-state index contributed by atoms with van der Waals surface area (Å²) in [6.07, 6.45) is 2.83. The molecule has 128 valence electrons. The maximum atomic E-state index is 9.06. The monoisotopic (exact) mass is 341 g/mol. The molecule has 0 saturated carbocycles. The van der Waals surface area contributed by atoms with Crippen molar-refractivity contribution in [2.45, 2.75) is 27.2 Å². The van der Waals surface area contributed by atoms with Gasteiger partial charge < -0.3 is 4.42 Å². The van der Waals surface area contributed by atoms with Crippen molar-refractivity contribution in [3.05, 3.63) is 59.9 Å². The molecule has 0 bridgehead atoms. The van der Waals surface area contributed by atoms with Crippen LogP contribution in [0, 0.1) is 16.7 Å². The summed E-state index contributed by atoms with van der Waals surface area (Å²) in [5, 5.41) is 11.0. The van der Waals surface area contributed by atoms with Gasteiger partial charge in [-0.2, -0.15) is 5.26 Å². The predicted octanol–water partition coefficient (Wildman–Crippen LogP) is 5.50. The van der Waals surface area contributed by atoms with Gasteiger partial charge in [0.05, 0.1) is 5.69 Å². The van der Waals surface area contributed by atoms with Gasteiger partial charge in [-0.25, -0.2) is 4.98 Å². The number of nitrogens with zero attached hydrogens (tertiary/aromatic N) is 3. The smallest absolute Gasteiger partial charge is 0.228 e. The van der Waals surface area contributed by atoms with Crippen LogP contribution in [-0.4, -0.2) is 9.97 Å². The Morgan fingerprint density at radius 2 is 1.92 bits per heavy atom. The van der Waals surface area contributed by atoms with E-state index in [1.54, 1.807) is 6.07 Å². The lowest BCUT2D eigenvalue weighted by Crippen LogP contribution is -2.09. The predicted molar refractivity (Wildman–Crippen MR) is 103 cm³/mol. The summed E-state index contributed by atoms with van der Waals surface area (Å²) in [7, 11) is 0. The minimum Gasteiger partial charge on any atom is -0.437 e. The van der Waals surface area contributed by atoms with Crippen LogP contribution in [0.2, 0.25) is 0 Å². The average Bonchev–Trinajstić information content (AvgIpc) is 2.98. The molecule has 3 aromatic heterocycles. The minimum absolute atomic E-state index is 0.210. The van der Waals surface area contributed by atoms with Crippen LogP contribution in [0.1, 0.15) is 32.0 Å². The molecule has 0 aliphatic heterocycles. The van der Waals surface area contributed by atoms with Crippen molar-refractivity contribution in [3.8, 4) is 17.3 Å². The van der Waals surface area contributed by atoms with Gasteiger partial charge in [-0.1, -0.05) is 32.9 Å². The van der Waals surface area contributed by atoms with Gasteiger partial charge in [0.15, 0.2) is 0 Å². The van der Waals surface area contributed by atoms with E-state index in [-0.39, 0.29) is 5.41 Å². The van der Waals surface area contributed by atoms with Gasteiger partial charge in [0.25, 0.3) is 0 Å². The van der Waals surface area contributed by atoms with Crippen LogP contribution >= 0.6 is 0 Å². The largest absolute Gasteiger partial charge is 0.437 e. The van der Waals surface area contributed by atoms with E-state index in [9.17, 15) is 0 Å². The molecule has 4 nitrogen and oxygen atoms in total. The van der Waals surface area contributed by atoms with Crippen LogP contribution in [-0.2, 0) is 6.42 Å². The topological polar surface area (TPSA) is 62.7 Å². The first-order valence-corrected chi connectivity index (χ1v) is 8.62. The molecule has 0 N–H and O–H groups in total. The van der Waals surface area contributed by atoms with Gasteiger partial charge >= 0.3 is 0 Å². The number of hydrogen-bond acceptors (Lipinski definition) is 4. The van der Waals surface area contributed by atoms with E-state index in [0.29, 0.717) is 11.4 Å². The van der Waals surface area contributed by atoms with Crippen molar-refractivity contribution in [2.75, 3.05) is 0 Å². The molecule has 0 atom stereocenters. The number of benzene rings is 1. The van der Waals surface area contributed by atoms with Crippen molar-refractivity contribution in [2.24, 2.45) is 5.41 Å². The highest BCUT2D eigenvalue weighted by Gasteiger charge is 2.16. The first-order chi connectivity index (χ1) is 12.4. The third-order valence-corrected chi connectivity index (χ3v) is 4.31. The summed E-state index contributed by atoms with van der Waals surface area (Å²) in [6, 6.07) is 15.9. The molecule has 1 aromatic carbocycles. The number of furan rings is 1. The van der Waals surface area contributed by atoms with E-state index in [0.717, 1.165) is 34.0 Å². The fourth-order valence-corrected chi connectivity index (χ4v) is 3.29. The maximum absolute atomic E-state index is 9.06. The molecule has 0 radical (unpaired) electrons. The zero-order valence-corrected chi connectivity index (χ0v) is 15.1. The molecule has 26 heavy (non-hydrogen) atoms. The van der Waals surface area contributed by atoms with Crippen LogP contribution in [0.5, 0.6) is 0 Å². The Balaban J connectivity index is 1.90. The zero-order valence-electron chi connectivity index (χ0n) is 15.1. The van der Waals surface area contributed by atoms with E-state index < -0.39 is 0 Å². The highest BCUT2D eigenvalue weighted by molar-refractivity contribution is 6.08. The van der Waals surface area contributed by atoms with Crippen LogP contribution in [0.25, 0.3) is 33.3 Å². The maximum Gasteiger partial charge on any atom is 0.228 e. The quantitative estimate of drug-likeness (QED) is 0.483. The van der Waals surface area contributed by atoms with Gasteiger partial charge in [-0.15, -0.1) is 0 Å². The second-order valence-corrected chi connectivity index (χ2v) is 7.73. The molecule has 0 fully saturated rings. The molecule has 4 rings (SSSR count). The van der Waals surface area contributed by atoms with Gasteiger partial charge in [0.1, 0.15) is 17.3 Å². The summed E-state index contributed by atoms with van der Waals surface area (Å²) in [5.74, 6) is 0. The number of para-hydroxylation sites is 1. The van der Waals surface area contributed by atoms with Crippen molar-refractivity contribution >= 4 is 22.1 Å². The van der Waals surface area contributed by atoms with Gasteiger partial charge in [0.2, 0.25) is 5.71 Å². The zero-order chi connectivity index (χ0) is 18.3. The summed E-state index contributed by atoms with van der Waals surface area (Å²) in [5.41, 5.74) is 4.88. The molecule has 0 aliphatic carbocycles. The average molecular weight is 341 g/mol. The van der Waals surface area contributed by atoms with E-state index in [2.05, 4.69) is 48.9 Å². The third-order valence-electron chi connectivity index (χ3n) is 4.31. The van der Waals surface area contributed by atoms with E-state index in [1.807, 2.05) is 30.5 Å². The third kappa shape index (κ3) is 2.93. The van der Waals surface area contributed by atoms with Gasteiger partial charge in [-0.05, 0) is 47.7 Å². The molecular weight excluding hydrogens is 322 g/mol. The first kappa shape index (κ1) is 16.3. The van der Waals surface area contributed by atoms with Gasteiger partial charge in [-0.3, -0.25) is 4.98 Å². The lowest BCUT2D eigenvalue weighted by atomic mass is 9.88. The first-order valence-electron chi connectivity index (χ1n) is 8.62. The summed E-state index contributed by atoms with van der Waals surface area (Å²) in [6.45, 7) is 6.68. The number of nitriles is 1. The van der Waals surface area contributed by atoms with E-state index in [1.165, 1.54) is 5.56 Å². The Labute approximate surface area is 152 Å². The van der Waals surface area contributed by atoms with Crippen LogP contribution in [0.15, 0.2) is 53.1 Å². The van der Waals surface area contributed by atoms with E-state index >= 15 is 0 Å². The molecule has 0 unspecified atom stereocenters. The highest BCUT2D eigenvalue weighted by atomic mass is 16.3. The minimum atomic E-state index is 0.210. The molecule has 0 spiro atoms. The molecule has 0 amide bonds. The van der Waals surface area contributed by atoms with E-state index in [4.69, 9.17) is 9.68 Å². The number of rotatable bonds is 2. The molecule has 4 aromatic rings. The Hall–Kier alpha value is -3.19. The molecular formula is C22H19N3O. The molecule has 0 saturated heterocycles. The highest BCUT2D eigenvalue weighted by Crippen LogP contribution is 2.35. The molecule has 3 heterocycles. The molecule has 4 heteroatoms. The van der Waals surface area contributed by atoms with Crippen molar-refractivity contribution in [3.63, 3.8) is 0 Å².